The number of aromatic nitrogens is 2. The molecule has 1 aliphatic heterocycles. The van der Waals surface area contributed by atoms with Crippen LogP contribution in [0.5, 0.6) is 0 Å². The highest BCUT2D eigenvalue weighted by atomic mass is 32.2. The van der Waals surface area contributed by atoms with E-state index < -0.39 is 11.6 Å². The average Bonchev–Trinajstić information content (AvgIpc) is 3.14. The van der Waals surface area contributed by atoms with Gasteiger partial charge in [-0.05, 0) is 58.4 Å². The van der Waals surface area contributed by atoms with E-state index in [0.29, 0.717) is 5.56 Å². The molecule has 0 atom stereocenters. The van der Waals surface area contributed by atoms with Gasteiger partial charge in [0.15, 0.2) is 16.8 Å². The molecule has 0 radical (unpaired) electrons. The maximum atomic E-state index is 14.7. The summed E-state index contributed by atoms with van der Waals surface area (Å²) in [5, 5.41) is 26.6. The first kappa shape index (κ1) is 22.4. The molecule has 2 aromatic rings. The van der Waals surface area contributed by atoms with Gasteiger partial charge in [-0.2, -0.15) is 5.10 Å². The summed E-state index contributed by atoms with van der Waals surface area (Å²) in [6, 6.07) is 2.91. The maximum absolute atomic E-state index is 14.7. The van der Waals surface area contributed by atoms with Crippen molar-refractivity contribution in [1.29, 1.82) is 10.8 Å². The van der Waals surface area contributed by atoms with Gasteiger partial charge in [-0.15, -0.1) is 0 Å². The molecule has 1 aliphatic rings. The summed E-state index contributed by atoms with van der Waals surface area (Å²) in [5.74, 6) is -2.12. The topological polar surface area (TPSA) is 91.7 Å². The summed E-state index contributed by atoms with van der Waals surface area (Å²) in [6.45, 7) is 8.53. The summed E-state index contributed by atoms with van der Waals surface area (Å²) in [6.07, 6.45) is 4.56. The number of nitrogens with zero attached hydrogens (tertiary/aromatic N) is 2. The highest BCUT2D eigenvalue weighted by Crippen LogP contribution is 2.33. The summed E-state index contributed by atoms with van der Waals surface area (Å²) in [7, 11) is 1.82. The van der Waals surface area contributed by atoms with Gasteiger partial charge in [-0.3, -0.25) is 15.9 Å². The molecule has 0 saturated carbocycles. The van der Waals surface area contributed by atoms with E-state index in [4.69, 9.17) is 10.8 Å². The van der Waals surface area contributed by atoms with E-state index in [1.165, 1.54) is 24.5 Å². The normalized spacial score (nSPS) is 18.2. The zero-order valence-electron chi connectivity index (χ0n) is 17.9. The third-order valence-corrected chi connectivity index (χ3v) is 6.28. The predicted octanol–water partition coefficient (Wildman–Crippen LogP) is 4.59. The van der Waals surface area contributed by atoms with E-state index in [2.05, 4.69) is 43.2 Å². The van der Waals surface area contributed by atoms with Crippen molar-refractivity contribution in [3.63, 3.8) is 0 Å². The minimum atomic E-state index is -1.09. The number of nitrogens with one attached hydrogen (secondary N) is 4. The van der Waals surface area contributed by atoms with Crippen molar-refractivity contribution in [3.8, 4) is 11.1 Å². The molecule has 1 aromatic carbocycles. The summed E-state index contributed by atoms with van der Waals surface area (Å²) < 4.78 is 29.2. The van der Waals surface area contributed by atoms with Crippen LogP contribution in [-0.2, 0) is 0 Å². The Bertz CT molecular complexity index is 939. The van der Waals surface area contributed by atoms with Crippen molar-refractivity contribution >= 4 is 22.0 Å². The number of thioether (sulfide) groups is 1. The molecule has 9 heteroatoms. The first-order valence-electron chi connectivity index (χ1n) is 9.75. The number of H-pyrrole nitrogens is 1. The first-order chi connectivity index (χ1) is 13.9. The van der Waals surface area contributed by atoms with Crippen molar-refractivity contribution in [2.24, 2.45) is 0 Å². The van der Waals surface area contributed by atoms with Gasteiger partial charge in [0.05, 0.1) is 6.20 Å². The van der Waals surface area contributed by atoms with Gasteiger partial charge in [0.1, 0.15) is 5.04 Å². The third kappa shape index (κ3) is 4.73. The molecule has 0 amide bonds. The van der Waals surface area contributed by atoms with E-state index in [0.717, 1.165) is 24.6 Å². The largest absolute Gasteiger partial charge is 0.351 e. The summed E-state index contributed by atoms with van der Waals surface area (Å²) in [4.78, 5) is 1.83. The molecule has 6 nitrogen and oxygen atoms in total. The molecule has 3 rings (SSSR count). The zero-order chi connectivity index (χ0) is 22.3. The standard InChI is InChI=1S/C21H28F2N6S/c1-20(2)8-13(9-21(3,4)28-20)29(5)19(25)30-18(24)15-7-6-14(16(22)17(15)23)12-10-26-27-11-12/h6-7,10-11,13,24-25,28H,8-9H2,1-5H3,(H,26,27). The van der Waals surface area contributed by atoms with Crippen LogP contribution in [0, 0.1) is 22.5 Å². The smallest absolute Gasteiger partial charge is 0.169 e. The number of halogens is 2. The van der Waals surface area contributed by atoms with Crippen LogP contribution in [0.4, 0.5) is 8.78 Å². The van der Waals surface area contributed by atoms with Crippen LogP contribution in [0.2, 0.25) is 0 Å². The number of amidine groups is 1. The third-order valence-electron chi connectivity index (χ3n) is 5.37. The maximum Gasteiger partial charge on any atom is 0.169 e. The fourth-order valence-corrected chi connectivity index (χ4v) is 5.03. The first-order valence-corrected chi connectivity index (χ1v) is 10.6. The second-order valence-corrected chi connectivity index (χ2v) is 10.1. The van der Waals surface area contributed by atoms with E-state index >= 15 is 0 Å². The Morgan fingerprint density at radius 1 is 1.13 bits per heavy atom. The van der Waals surface area contributed by atoms with Crippen LogP contribution in [0.3, 0.4) is 0 Å². The van der Waals surface area contributed by atoms with Crippen molar-refractivity contribution in [2.75, 3.05) is 7.05 Å². The van der Waals surface area contributed by atoms with Gasteiger partial charge in [0.2, 0.25) is 0 Å². The Morgan fingerprint density at radius 2 is 1.77 bits per heavy atom. The average molecular weight is 435 g/mol. The van der Waals surface area contributed by atoms with Gasteiger partial charge in [0.25, 0.3) is 0 Å². The van der Waals surface area contributed by atoms with Gasteiger partial charge >= 0.3 is 0 Å². The fourth-order valence-electron chi connectivity index (χ4n) is 4.28. The number of hydrogen-bond donors (Lipinski definition) is 4. The van der Waals surface area contributed by atoms with Crippen LogP contribution in [0.25, 0.3) is 11.1 Å². The van der Waals surface area contributed by atoms with E-state index in [-0.39, 0.29) is 38.5 Å². The van der Waals surface area contributed by atoms with Gasteiger partial charge < -0.3 is 10.2 Å². The second-order valence-electron chi connectivity index (χ2n) is 9.08. The minimum Gasteiger partial charge on any atom is -0.351 e. The molecule has 1 aromatic heterocycles. The molecule has 4 N–H and O–H groups in total. The Hall–Kier alpha value is -2.26. The molecule has 1 saturated heterocycles. The van der Waals surface area contributed by atoms with E-state index in [1.807, 2.05) is 11.9 Å². The van der Waals surface area contributed by atoms with Crippen LogP contribution in [0.1, 0.15) is 46.1 Å². The van der Waals surface area contributed by atoms with Crippen molar-refractivity contribution in [3.05, 3.63) is 41.7 Å². The van der Waals surface area contributed by atoms with Gasteiger partial charge in [-0.25, -0.2) is 8.78 Å². The summed E-state index contributed by atoms with van der Waals surface area (Å²) >= 11 is 0.828. The van der Waals surface area contributed by atoms with Crippen LogP contribution in [0.15, 0.2) is 24.5 Å². The van der Waals surface area contributed by atoms with Gasteiger partial charge in [-0.1, -0.05) is 6.07 Å². The number of hydrogen-bond acceptors (Lipinski definition) is 5. The number of rotatable bonds is 3. The van der Waals surface area contributed by atoms with Crippen molar-refractivity contribution < 1.29 is 8.78 Å². The highest BCUT2D eigenvalue weighted by molar-refractivity contribution is 8.26. The lowest BCUT2D eigenvalue weighted by molar-refractivity contribution is 0.114. The number of aromatic amines is 1. The monoisotopic (exact) mass is 434 g/mol. The summed E-state index contributed by atoms with van der Waals surface area (Å²) in [5.41, 5.74) is 0.179. The van der Waals surface area contributed by atoms with Crippen LogP contribution < -0.4 is 5.32 Å². The molecule has 162 valence electrons. The number of benzene rings is 1. The molecule has 30 heavy (non-hydrogen) atoms. The Morgan fingerprint density at radius 3 is 2.33 bits per heavy atom. The molecular formula is C21H28F2N6S. The lowest BCUT2D eigenvalue weighted by Crippen LogP contribution is -2.62. The Balaban J connectivity index is 1.74. The van der Waals surface area contributed by atoms with Crippen molar-refractivity contribution in [1.82, 2.24) is 20.4 Å². The Kier molecular flexibility index (Phi) is 6.06. The number of piperidine rings is 1. The fraction of sp³-hybridized carbons (Fsp3) is 0.476. The molecule has 2 heterocycles. The van der Waals surface area contributed by atoms with Crippen LogP contribution >= 0.6 is 11.8 Å². The highest BCUT2D eigenvalue weighted by Gasteiger charge is 2.39. The molecule has 0 unspecified atom stereocenters. The molecule has 0 bridgehead atoms. The van der Waals surface area contributed by atoms with Gasteiger partial charge in [0, 0.05) is 47.1 Å². The molecule has 0 spiro atoms. The lowest BCUT2D eigenvalue weighted by Gasteiger charge is -2.49. The van der Waals surface area contributed by atoms with Crippen molar-refractivity contribution in [2.45, 2.75) is 57.7 Å². The van der Waals surface area contributed by atoms with E-state index in [1.54, 1.807) is 0 Å². The quantitative estimate of drug-likeness (QED) is 0.420. The Labute approximate surface area is 179 Å². The molecule has 1 fully saturated rings. The molecule has 0 aliphatic carbocycles. The predicted molar refractivity (Wildman–Crippen MR) is 118 cm³/mol. The molecular weight excluding hydrogens is 406 g/mol. The zero-order valence-corrected chi connectivity index (χ0v) is 18.7. The minimum absolute atomic E-state index is 0.0779. The van der Waals surface area contributed by atoms with Crippen LogP contribution in [-0.4, -0.2) is 49.5 Å². The lowest BCUT2D eigenvalue weighted by atomic mass is 9.79. The SMILES string of the molecule is CN(C(=N)SC(=N)c1ccc(-c2cn[nH]c2)c(F)c1F)C1CC(C)(C)NC(C)(C)C1. The second kappa shape index (κ2) is 8.11. The van der Waals surface area contributed by atoms with E-state index in [9.17, 15) is 8.78 Å².